The van der Waals surface area contributed by atoms with Crippen LogP contribution < -0.4 is 4.90 Å². The van der Waals surface area contributed by atoms with Crippen LogP contribution in [0, 0.1) is 6.92 Å². The van der Waals surface area contributed by atoms with Crippen LogP contribution in [0.4, 0.5) is 42.1 Å². The number of aliphatic imine (C=N–C) groups is 1. The summed E-state index contributed by atoms with van der Waals surface area (Å²) in [4.78, 5) is 14.4. The largest absolute Gasteiger partial charge is 0.437 e. The molecule has 192 valence electrons. The topological polar surface area (TPSA) is 71.6 Å². The maximum Gasteiger partial charge on any atom is 0.437 e. The molecule has 0 atom stereocenters. The lowest BCUT2D eigenvalue weighted by atomic mass is 9.94. The molecule has 0 N–H and O–H groups in total. The predicted molar refractivity (Wildman–Crippen MR) is 121 cm³/mol. The van der Waals surface area contributed by atoms with Crippen LogP contribution in [-0.2, 0) is 0 Å². The van der Waals surface area contributed by atoms with Gasteiger partial charge in [-0.2, -0.15) is 26.3 Å². The number of aromatic nitrogens is 4. The Morgan fingerprint density at radius 1 is 1.03 bits per heavy atom. The van der Waals surface area contributed by atoms with Crippen molar-refractivity contribution in [1.82, 2.24) is 19.9 Å². The summed E-state index contributed by atoms with van der Waals surface area (Å²) < 4.78 is 96.7. The zero-order chi connectivity index (χ0) is 26.5. The van der Waals surface area contributed by atoms with E-state index in [-0.39, 0.29) is 16.5 Å². The standard InChI is InChI=1S/C21H18F7N7S/c1-4-34(5-2)12-6-7-13(11(3)10-12)30-14-15(19(22,20(23,24)25)21(26,27)28)32-35-17(14)31-16(33-35)18-29-8-9-36-18/h6-10H,4-5H2,1-3H3. The van der Waals surface area contributed by atoms with Crippen LogP contribution in [0.15, 0.2) is 39.9 Å². The van der Waals surface area contributed by atoms with Crippen LogP contribution in [0.1, 0.15) is 25.2 Å². The number of anilines is 1. The van der Waals surface area contributed by atoms with Crippen molar-refractivity contribution in [2.24, 2.45) is 10.1 Å². The highest BCUT2D eigenvalue weighted by atomic mass is 32.1. The van der Waals surface area contributed by atoms with Gasteiger partial charge in [-0.15, -0.1) is 26.3 Å². The minimum atomic E-state index is -6.38. The van der Waals surface area contributed by atoms with Crippen molar-refractivity contribution in [3.05, 3.63) is 41.2 Å². The predicted octanol–water partition coefficient (Wildman–Crippen LogP) is 5.73. The van der Waals surface area contributed by atoms with Gasteiger partial charge < -0.3 is 4.90 Å². The molecule has 3 heterocycles. The Bertz CT molecular complexity index is 1310. The Kier molecular flexibility index (Phi) is 6.39. The number of hydrogen-bond donors (Lipinski definition) is 0. The smallest absolute Gasteiger partial charge is 0.372 e. The number of alkyl halides is 7. The molecule has 3 aromatic rings. The van der Waals surface area contributed by atoms with Crippen LogP contribution >= 0.6 is 11.3 Å². The van der Waals surface area contributed by atoms with Gasteiger partial charge in [-0.3, -0.25) is 0 Å². The first-order chi connectivity index (χ1) is 16.8. The van der Waals surface area contributed by atoms with Gasteiger partial charge in [0.2, 0.25) is 11.6 Å². The summed E-state index contributed by atoms with van der Waals surface area (Å²) in [6.07, 6.45) is -11.3. The van der Waals surface area contributed by atoms with Crippen LogP contribution in [0.25, 0.3) is 10.8 Å². The van der Waals surface area contributed by atoms with E-state index in [2.05, 4.69) is 25.2 Å². The van der Waals surface area contributed by atoms with Crippen molar-refractivity contribution in [1.29, 1.82) is 0 Å². The van der Waals surface area contributed by atoms with Crippen molar-refractivity contribution in [2.75, 3.05) is 18.0 Å². The normalized spacial score (nSPS) is 15.4. The van der Waals surface area contributed by atoms with Gasteiger partial charge >= 0.3 is 18.0 Å². The van der Waals surface area contributed by atoms with Gasteiger partial charge in [0, 0.05) is 30.4 Å². The minimum absolute atomic E-state index is 0.0209. The van der Waals surface area contributed by atoms with Gasteiger partial charge in [0.25, 0.3) is 0 Å². The van der Waals surface area contributed by atoms with Crippen LogP contribution in [-0.4, -0.2) is 62.4 Å². The van der Waals surface area contributed by atoms with E-state index in [4.69, 9.17) is 0 Å². The zero-order valence-corrected chi connectivity index (χ0v) is 19.8. The summed E-state index contributed by atoms with van der Waals surface area (Å²) in [5.41, 5.74) is -7.59. The van der Waals surface area contributed by atoms with Gasteiger partial charge in [0.15, 0.2) is 5.01 Å². The molecule has 15 heteroatoms. The molecule has 0 unspecified atom stereocenters. The van der Waals surface area contributed by atoms with E-state index in [1.54, 1.807) is 24.4 Å². The molecule has 2 aromatic heterocycles. The average molecular weight is 533 g/mol. The van der Waals surface area contributed by atoms with E-state index < -0.39 is 35.3 Å². The molecule has 1 aliphatic rings. The fraction of sp³-hybridized carbons (Fsp3) is 0.381. The average Bonchev–Trinajstić information content (AvgIpc) is 3.51. The molecule has 1 aliphatic heterocycles. The first-order valence-corrected chi connectivity index (χ1v) is 11.4. The molecule has 7 nitrogen and oxygen atoms in total. The molecule has 1 aromatic carbocycles. The Labute approximate surface area is 204 Å². The summed E-state index contributed by atoms with van der Waals surface area (Å²) in [5, 5.41) is 8.88. The van der Waals surface area contributed by atoms with E-state index in [0.29, 0.717) is 23.4 Å². The van der Waals surface area contributed by atoms with Crippen molar-refractivity contribution in [3.63, 3.8) is 0 Å². The van der Waals surface area contributed by atoms with Crippen molar-refractivity contribution < 1.29 is 30.7 Å². The highest BCUT2D eigenvalue weighted by Crippen LogP contribution is 2.49. The second kappa shape index (κ2) is 8.94. The highest BCUT2D eigenvalue weighted by Gasteiger charge is 2.77. The molecule has 36 heavy (non-hydrogen) atoms. The van der Waals surface area contributed by atoms with Gasteiger partial charge in [0.05, 0.1) is 5.69 Å². The first-order valence-electron chi connectivity index (χ1n) is 10.6. The second-order valence-corrected chi connectivity index (χ2v) is 8.59. The SMILES string of the molecule is CCN(CC)c1ccc(N=C2C(C(F)(C(F)(F)F)C(F)(F)F)=Nn3nc(-c4nccs4)nc32)c(C)c1. The van der Waals surface area contributed by atoms with Gasteiger partial charge in [-0.1, -0.05) is 0 Å². The fourth-order valence-corrected chi connectivity index (χ4v) is 4.19. The Balaban J connectivity index is 1.92. The Morgan fingerprint density at radius 2 is 1.69 bits per heavy atom. The molecule has 0 aliphatic carbocycles. The number of thiazole rings is 1. The van der Waals surface area contributed by atoms with Crippen molar-refractivity contribution in [3.8, 4) is 10.8 Å². The number of aryl methyl sites for hydroxylation is 1. The van der Waals surface area contributed by atoms with Gasteiger partial charge in [-0.25, -0.2) is 19.4 Å². The number of halogens is 7. The number of hydrogen-bond acceptors (Lipinski definition) is 7. The molecule has 0 radical (unpaired) electrons. The first kappa shape index (κ1) is 25.7. The second-order valence-electron chi connectivity index (χ2n) is 7.69. The fourth-order valence-electron chi connectivity index (χ4n) is 3.63. The molecular weight excluding hydrogens is 515 g/mol. The van der Waals surface area contributed by atoms with E-state index in [9.17, 15) is 26.3 Å². The van der Waals surface area contributed by atoms with Crippen molar-refractivity contribution in [2.45, 2.75) is 38.8 Å². The Hall–Kier alpha value is -3.36. The molecule has 4 rings (SSSR count). The minimum Gasteiger partial charge on any atom is -0.372 e. The van der Waals surface area contributed by atoms with Gasteiger partial charge in [-0.05, 0) is 44.5 Å². The van der Waals surface area contributed by atoms with Gasteiger partial charge in [0.1, 0.15) is 11.4 Å². The molecule has 0 spiro atoms. The molecule has 0 saturated heterocycles. The lowest BCUT2D eigenvalue weighted by Crippen LogP contribution is -2.60. The van der Waals surface area contributed by atoms with E-state index in [0.717, 1.165) is 17.0 Å². The number of benzene rings is 1. The lowest BCUT2D eigenvalue weighted by Gasteiger charge is -2.29. The highest BCUT2D eigenvalue weighted by molar-refractivity contribution is 7.13. The van der Waals surface area contributed by atoms with Crippen LogP contribution in [0.2, 0.25) is 0 Å². The Morgan fingerprint density at radius 3 is 2.22 bits per heavy atom. The summed E-state index contributed by atoms with van der Waals surface area (Å²) in [6, 6.07) is 4.72. The molecule has 0 amide bonds. The monoisotopic (exact) mass is 533 g/mol. The summed E-state index contributed by atoms with van der Waals surface area (Å²) in [5.74, 6) is -0.675. The van der Waals surface area contributed by atoms with E-state index in [1.807, 2.05) is 18.7 Å². The number of fused-ring (bicyclic) bond motifs is 1. The molecule has 0 bridgehead atoms. The molecule has 0 saturated carbocycles. The third kappa shape index (κ3) is 4.14. The molecule has 0 fully saturated rings. The third-order valence-corrected chi connectivity index (χ3v) is 6.26. The quantitative estimate of drug-likeness (QED) is 0.380. The van der Waals surface area contributed by atoms with E-state index in [1.165, 1.54) is 12.3 Å². The number of rotatable bonds is 6. The summed E-state index contributed by atoms with van der Waals surface area (Å²) in [7, 11) is 0. The number of nitrogens with zero attached hydrogens (tertiary/aromatic N) is 7. The molecular formula is C21H18F7N7S. The lowest BCUT2D eigenvalue weighted by molar-refractivity contribution is -0.312. The summed E-state index contributed by atoms with van der Waals surface area (Å²) in [6.45, 7) is 6.78. The zero-order valence-electron chi connectivity index (χ0n) is 19.0. The van der Waals surface area contributed by atoms with Crippen LogP contribution in [0.5, 0.6) is 0 Å². The maximum atomic E-state index is 15.1. The van der Waals surface area contributed by atoms with Crippen LogP contribution in [0.3, 0.4) is 0 Å². The maximum absolute atomic E-state index is 15.1. The van der Waals surface area contributed by atoms with E-state index >= 15 is 4.39 Å². The van der Waals surface area contributed by atoms with Crippen molar-refractivity contribution >= 4 is 34.1 Å². The third-order valence-electron chi connectivity index (χ3n) is 5.49. The summed E-state index contributed by atoms with van der Waals surface area (Å²) >= 11 is 1.09.